The normalized spacial score (nSPS) is 18.7. The van der Waals surface area contributed by atoms with Crippen LogP contribution in [0.2, 0.25) is 5.02 Å². The lowest BCUT2D eigenvalue weighted by atomic mass is 9.94. The van der Waals surface area contributed by atoms with Gasteiger partial charge in [-0.1, -0.05) is 30.5 Å². The van der Waals surface area contributed by atoms with Gasteiger partial charge in [-0.25, -0.2) is 4.39 Å². The van der Waals surface area contributed by atoms with Crippen molar-refractivity contribution in [3.05, 3.63) is 64.9 Å². The van der Waals surface area contributed by atoms with E-state index in [1.807, 2.05) is 12.1 Å². The summed E-state index contributed by atoms with van der Waals surface area (Å²) in [6.45, 7) is 2.28. The van der Waals surface area contributed by atoms with E-state index in [0.29, 0.717) is 42.7 Å². The van der Waals surface area contributed by atoms with Crippen LogP contribution in [-0.4, -0.2) is 53.8 Å². The van der Waals surface area contributed by atoms with Crippen molar-refractivity contribution < 1.29 is 14.0 Å². The van der Waals surface area contributed by atoms with Gasteiger partial charge in [0.2, 0.25) is 5.91 Å². The van der Waals surface area contributed by atoms with E-state index < -0.39 is 5.82 Å². The average Bonchev–Trinajstić information content (AvgIpc) is 3.30. The summed E-state index contributed by atoms with van der Waals surface area (Å²) in [4.78, 5) is 29.9. The highest BCUT2D eigenvalue weighted by Crippen LogP contribution is 2.32. The van der Waals surface area contributed by atoms with Crippen LogP contribution in [0.25, 0.3) is 0 Å². The lowest BCUT2D eigenvalue weighted by molar-refractivity contribution is -0.123. The van der Waals surface area contributed by atoms with E-state index in [9.17, 15) is 14.0 Å². The SMILES string of the molecule is O=C(Nc1ccc(Cl)cc1)C(C1CCCC1)N1CCN(C(=O)c2cccc(F)c2)CC1. The van der Waals surface area contributed by atoms with Gasteiger partial charge in [-0.15, -0.1) is 0 Å². The first-order valence-corrected chi connectivity index (χ1v) is 11.2. The van der Waals surface area contributed by atoms with E-state index in [0.717, 1.165) is 31.4 Å². The van der Waals surface area contributed by atoms with Gasteiger partial charge in [0.15, 0.2) is 0 Å². The van der Waals surface area contributed by atoms with Crippen LogP contribution in [0.4, 0.5) is 10.1 Å². The third-order valence-electron chi connectivity index (χ3n) is 6.29. The Morgan fingerprint density at radius 2 is 1.68 bits per heavy atom. The maximum absolute atomic E-state index is 13.5. The van der Waals surface area contributed by atoms with Crippen molar-refractivity contribution in [3.8, 4) is 0 Å². The lowest BCUT2D eigenvalue weighted by Gasteiger charge is -2.40. The van der Waals surface area contributed by atoms with Crippen LogP contribution >= 0.6 is 11.6 Å². The molecule has 1 unspecified atom stereocenters. The molecule has 1 aliphatic heterocycles. The molecule has 1 atom stereocenters. The predicted octanol–water partition coefficient (Wildman–Crippen LogP) is 4.43. The summed E-state index contributed by atoms with van der Waals surface area (Å²) in [5.74, 6) is -0.260. The Balaban J connectivity index is 1.43. The molecule has 2 fully saturated rings. The van der Waals surface area contributed by atoms with Gasteiger partial charge in [0, 0.05) is 42.5 Å². The fraction of sp³-hybridized carbons (Fsp3) is 0.417. The molecule has 7 heteroatoms. The molecule has 31 heavy (non-hydrogen) atoms. The second kappa shape index (κ2) is 9.79. The molecule has 1 N–H and O–H groups in total. The molecule has 5 nitrogen and oxygen atoms in total. The van der Waals surface area contributed by atoms with Gasteiger partial charge in [0.05, 0.1) is 6.04 Å². The minimum atomic E-state index is -0.412. The van der Waals surface area contributed by atoms with Crippen LogP contribution < -0.4 is 5.32 Å². The molecule has 2 aromatic rings. The fourth-order valence-corrected chi connectivity index (χ4v) is 4.83. The van der Waals surface area contributed by atoms with E-state index in [2.05, 4.69) is 10.2 Å². The first kappa shape index (κ1) is 21.8. The standard InChI is InChI=1S/C24H27ClFN3O2/c25-19-8-10-21(11-9-19)27-23(30)22(17-4-1-2-5-17)28-12-14-29(15-13-28)24(31)18-6-3-7-20(26)16-18/h3,6-11,16-17,22H,1-2,4-5,12-15H2,(H,27,30). The maximum atomic E-state index is 13.5. The first-order valence-electron chi connectivity index (χ1n) is 10.9. The Morgan fingerprint density at radius 3 is 2.32 bits per heavy atom. The minimum Gasteiger partial charge on any atom is -0.336 e. The topological polar surface area (TPSA) is 52.7 Å². The van der Waals surface area contributed by atoms with E-state index in [1.54, 1.807) is 29.2 Å². The summed E-state index contributed by atoms with van der Waals surface area (Å²) in [5, 5.41) is 3.68. The summed E-state index contributed by atoms with van der Waals surface area (Å²) >= 11 is 5.95. The number of nitrogens with one attached hydrogen (secondary N) is 1. The number of hydrogen-bond acceptors (Lipinski definition) is 3. The van der Waals surface area contributed by atoms with E-state index in [-0.39, 0.29) is 17.9 Å². The zero-order valence-corrected chi connectivity index (χ0v) is 18.2. The molecule has 2 amide bonds. The average molecular weight is 444 g/mol. The summed E-state index contributed by atoms with van der Waals surface area (Å²) in [6.07, 6.45) is 4.38. The predicted molar refractivity (Wildman–Crippen MR) is 120 cm³/mol. The van der Waals surface area contributed by atoms with Crippen LogP contribution in [0.5, 0.6) is 0 Å². The van der Waals surface area contributed by atoms with E-state index in [1.165, 1.54) is 12.1 Å². The second-order valence-electron chi connectivity index (χ2n) is 8.32. The highest BCUT2D eigenvalue weighted by atomic mass is 35.5. The van der Waals surface area contributed by atoms with Crippen molar-refractivity contribution in [1.82, 2.24) is 9.80 Å². The van der Waals surface area contributed by atoms with Gasteiger partial charge in [0.1, 0.15) is 5.82 Å². The van der Waals surface area contributed by atoms with Gasteiger partial charge in [0.25, 0.3) is 5.91 Å². The number of halogens is 2. The Labute approximate surface area is 187 Å². The number of amides is 2. The molecular formula is C24H27ClFN3O2. The van der Waals surface area contributed by atoms with Gasteiger partial charge >= 0.3 is 0 Å². The zero-order chi connectivity index (χ0) is 21.8. The van der Waals surface area contributed by atoms with Crippen LogP contribution in [0.3, 0.4) is 0 Å². The molecular weight excluding hydrogens is 417 g/mol. The van der Waals surface area contributed by atoms with Crippen molar-refractivity contribution in [3.63, 3.8) is 0 Å². The third-order valence-corrected chi connectivity index (χ3v) is 6.55. The third kappa shape index (κ3) is 5.25. The van der Waals surface area contributed by atoms with Crippen molar-refractivity contribution >= 4 is 29.1 Å². The summed E-state index contributed by atoms with van der Waals surface area (Å²) in [6, 6.07) is 12.7. The lowest BCUT2D eigenvalue weighted by Crippen LogP contribution is -2.56. The molecule has 1 saturated carbocycles. The van der Waals surface area contributed by atoms with Gasteiger partial charge in [-0.05, 0) is 61.2 Å². The first-order chi connectivity index (χ1) is 15.0. The molecule has 2 aromatic carbocycles. The Kier molecular flexibility index (Phi) is 6.88. The monoisotopic (exact) mass is 443 g/mol. The zero-order valence-electron chi connectivity index (χ0n) is 17.4. The van der Waals surface area contributed by atoms with E-state index in [4.69, 9.17) is 11.6 Å². The number of carbonyl (C=O) groups excluding carboxylic acids is 2. The molecule has 1 saturated heterocycles. The van der Waals surface area contributed by atoms with Crippen molar-refractivity contribution in [2.45, 2.75) is 31.7 Å². The Hall–Kier alpha value is -2.44. The number of benzene rings is 2. The highest BCUT2D eigenvalue weighted by molar-refractivity contribution is 6.30. The number of hydrogen-bond donors (Lipinski definition) is 1. The molecule has 0 aromatic heterocycles. The molecule has 1 aliphatic carbocycles. The van der Waals surface area contributed by atoms with Crippen LogP contribution in [-0.2, 0) is 4.79 Å². The fourth-order valence-electron chi connectivity index (χ4n) is 4.71. The number of carbonyl (C=O) groups is 2. The summed E-state index contributed by atoms with van der Waals surface area (Å²) < 4.78 is 13.5. The second-order valence-corrected chi connectivity index (χ2v) is 8.76. The molecule has 1 heterocycles. The summed E-state index contributed by atoms with van der Waals surface area (Å²) in [5.41, 5.74) is 1.10. The molecule has 2 aliphatic rings. The van der Waals surface area contributed by atoms with Crippen LogP contribution in [0, 0.1) is 11.7 Å². The number of piperazine rings is 1. The Morgan fingerprint density at radius 1 is 1.00 bits per heavy atom. The van der Waals surface area contributed by atoms with Gasteiger partial charge < -0.3 is 10.2 Å². The Bertz CT molecular complexity index is 923. The minimum absolute atomic E-state index is 0.000806. The van der Waals surface area contributed by atoms with Crippen LogP contribution in [0.1, 0.15) is 36.0 Å². The van der Waals surface area contributed by atoms with Crippen molar-refractivity contribution in [2.75, 3.05) is 31.5 Å². The largest absolute Gasteiger partial charge is 0.336 e. The number of rotatable bonds is 5. The highest BCUT2D eigenvalue weighted by Gasteiger charge is 2.37. The van der Waals surface area contributed by atoms with Gasteiger partial charge in [-0.2, -0.15) is 0 Å². The molecule has 4 rings (SSSR count). The quantitative estimate of drug-likeness (QED) is 0.743. The van der Waals surface area contributed by atoms with E-state index >= 15 is 0 Å². The van der Waals surface area contributed by atoms with Crippen molar-refractivity contribution in [1.29, 1.82) is 0 Å². The smallest absolute Gasteiger partial charge is 0.254 e. The summed E-state index contributed by atoms with van der Waals surface area (Å²) in [7, 11) is 0. The van der Waals surface area contributed by atoms with Crippen LogP contribution in [0.15, 0.2) is 48.5 Å². The van der Waals surface area contributed by atoms with Crippen molar-refractivity contribution in [2.24, 2.45) is 5.92 Å². The molecule has 0 radical (unpaired) electrons. The number of anilines is 1. The number of nitrogens with zero attached hydrogens (tertiary/aromatic N) is 2. The maximum Gasteiger partial charge on any atom is 0.254 e. The van der Waals surface area contributed by atoms with Gasteiger partial charge in [-0.3, -0.25) is 14.5 Å². The molecule has 0 bridgehead atoms. The molecule has 0 spiro atoms. The molecule has 164 valence electrons.